The molecule has 1 aliphatic rings. The van der Waals surface area contributed by atoms with Gasteiger partial charge in [0.1, 0.15) is 23.6 Å². The minimum Gasteiger partial charge on any atom is -0.457 e. The van der Waals surface area contributed by atoms with E-state index >= 15 is 0 Å². The lowest BCUT2D eigenvalue weighted by Gasteiger charge is -2.27. The topological polar surface area (TPSA) is 82.3 Å². The van der Waals surface area contributed by atoms with Crippen molar-refractivity contribution in [1.82, 2.24) is 9.97 Å². The van der Waals surface area contributed by atoms with E-state index in [-0.39, 0.29) is 0 Å². The Morgan fingerprint density at radius 3 is 2.45 bits per heavy atom. The summed E-state index contributed by atoms with van der Waals surface area (Å²) in [6.07, 6.45) is 3.04. The number of rotatable bonds is 4. The van der Waals surface area contributed by atoms with Gasteiger partial charge in [0.25, 0.3) is 0 Å². The first-order chi connectivity index (χ1) is 16.2. The molecule has 2 heterocycles. The predicted octanol–water partition coefficient (Wildman–Crippen LogP) is 5.03. The van der Waals surface area contributed by atoms with E-state index in [0.717, 1.165) is 46.5 Å². The van der Waals surface area contributed by atoms with Crippen LogP contribution in [0.2, 0.25) is 0 Å². The second-order valence-electron chi connectivity index (χ2n) is 8.04. The first-order valence-electron chi connectivity index (χ1n) is 10.9. The standard InChI is InChI=1S/C27H24N4O2/c28-27(14-16-32-17-15-27)13-12-20-6-11-25-24(18-20)26(30-19-29-25)31-21-7-9-23(10-8-21)33-22-4-2-1-3-5-22/h1-11,18-19H,14-17,28H2,(H,29,30,31). The maximum atomic E-state index is 6.41. The number of hydrogen-bond acceptors (Lipinski definition) is 6. The van der Waals surface area contributed by atoms with Crippen molar-refractivity contribution in [3.63, 3.8) is 0 Å². The molecular weight excluding hydrogens is 412 g/mol. The van der Waals surface area contributed by atoms with Gasteiger partial charge < -0.3 is 20.5 Å². The molecule has 164 valence electrons. The monoisotopic (exact) mass is 436 g/mol. The van der Waals surface area contributed by atoms with Crippen LogP contribution in [0.1, 0.15) is 18.4 Å². The van der Waals surface area contributed by atoms with Crippen LogP contribution in [0.4, 0.5) is 11.5 Å². The van der Waals surface area contributed by atoms with Crippen LogP contribution in [0.3, 0.4) is 0 Å². The summed E-state index contributed by atoms with van der Waals surface area (Å²) in [5, 5.41) is 4.28. The zero-order valence-corrected chi connectivity index (χ0v) is 18.1. The summed E-state index contributed by atoms with van der Waals surface area (Å²) in [4.78, 5) is 8.84. The number of anilines is 2. The summed E-state index contributed by atoms with van der Waals surface area (Å²) in [5.41, 5.74) is 8.54. The third kappa shape index (κ3) is 5.12. The van der Waals surface area contributed by atoms with Crippen molar-refractivity contribution in [2.45, 2.75) is 18.4 Å². The number of para-hydroxylation sites is 1. The summed E-state index contributed by atoms with van der Waals surface area (Å²) in [7, 11) is 0. The van der Waals surface area contributed by atoms with Crippen molar-refractivity contribution in [2.24, 2.45) is 5.73 Å². The molecule has 0 radical (unpaired) electrons. The van der Waals surface area contributed by atoms with Crippen LogP contribution < -0.4 is 15.8 Å². The molecule has 0 bridgehead atoms. The molecule has 6 nitrogen and oxygen atoms in total. The van der Waals surface area contributed by atoms with E-state index < -0.39 is 5.54 Å². The van der Waals surface area contributed by atoms with Crippen molar-refractivity contribution >= 4 is 22.4 Å². The first-order valence-corrected chi connectivity index (χ1v) is 10.9. The lowest BCUT2D eigenvalue weighted by molar-refractivity contribution is 0.0705. The van der Waals surface area contributed by atoms with Gasteiger partial charge in [0.15, 0.2) is 0 Å². The number of nitrogens with one attached hydrogen (secondary N) is 1. The van der Waals surface area contributed by atoms with Crippen LogP contribution >= 0.6 is 0 Å². The molecule has 0 atom stereocenters. The van der Waals surface area contributed by atoms with Gasteiger partial charge in [0.05, 0.1) is 11.1 Å². The third-order valence-electron chi connectivity index (χ3n) is 5.57. The number of nitrogens with two attached hydrogens (primary N) is 1. The molecule has 0 aliphatic carbocycles. The van der Waals surface area contributed by atoms with Gasteiger partial charge in [-0.15, -0.1) is 0 Å². The van der Waals surface area contributed by atoms with Gasteiger partial charge in [-0.3, -0.25) is 0 Å². The van der Waals surface area contributed by atoms with Crippen molar-refractivity contribution < 1.29 is 9.47 Å². The molecule has 1 aromatic heterocycles. The maximum absolute atomic E-state index is 6.41. The van der Waals surface area contributed by atoms with E-state index in [1.54, 1.807) is 6.33 Å². The fraction of sp³-hybridized carbons (Fsp3) is 0.185. The van der Waals surface area contributed by atoms with E-state index in [0.29, 0.717) is 19.0 Å². The van der Waals surface area contributed by atoms with Gasteiger partial charge in [-0.25, -0.2) is 9.97 Å². The molecule has 0 spiro atoms. The van der Waals surface area contributed by atoms with Crippen LogP contribution in [0.25, 0.3) is 10.9 Å². The zero-order valence-electron chi connectivity index (χ0n) is 18.1. The molecular formula is C27H24N4O2. The van der Waals surface area contributed by atoms with Gasteiger partial charge in [0.2, 0.25) is 0 Å². The molecule has 0 unspecified atom stereocenters. The van der Waals surface area contributed by atoms with Crippen LogP contribution in [0, 0.1) is 11.8 Å². The van der Waals surface area contributed by atoms with Crippen molar-refractivity contribution in [3.05, 3.63) is 84.7 Å². The average Bonchev–Trinajstić information content (AvgIpc) is 2.85. The Morgan fingerprint density at radius 1 is 0.909 bits per heavy atom. The Labute approximate surface area is 192 Å². The van der Waals surface area contributed by atoms with Gasteiger partial charge in [0, 0.05) is 42.7 Å². The predicted molar refractivity (Wildman–Crippen MR) is 130 cm³/mol. The van der Waals surface area contributed by atoms with Crippen molar-refractivity contribution in [3.8, 4) is 23.3 Å². The lowest BCUT2D eigenvalue weighted by Crippen LogP contribution is -2.43. The summed E-state index contributed by atoms with van der Waals surface area (Å²) in [6, 6.07) is 23.4. The zero-order chi connectivity index (χ0) is 22.5. The highest BCUT2D eigenvalue weighted by Gasteiger charge is 2.25. The lowest BCUT2D eigenvalue weighted by atomic mass is 9.92. The van der Waals surface area contributed by atoms with Gasteiger partial charge in [-0.2, -0.15) is 0 Å². The first kappa shape index (κ1) is 21.0. The molecule has 0 amide bonds. The van der Waals surface area contributed by atoms with E-state index in [4.69, 9.17) is 15.2 Å². The maximum Gasteiger partial charge on any atom is 0.141 e. The summed E-state index contributed by atoms with van der Waals surface area (Å²) < 4.78 is 11.3. The number of ether oxygens (including phenoxy) is 2. The summed E-state index contributed by atoms with van der Waals surface area (Å²) >= 11 is 0. The highest BCUT2D eigenvalue weighted by molar-refractivity contribution is 5.91. The smallest absolute Gasteiger partial charge is 0.141 e. The molecule has 0 saturated carbocycles. The van der Waals surface area contributed by atoms with Gasteiger partial charge in [-0.05, 0) is 54.6 Å². The van der Waals surface area contributed by atoms with Gasteiger partial charge in [-0.1, -0.05) is 30.0 Å². The van der Waals surface area contributed by atoms with Crippen LogP contribution in [-0.2, 0) is 4.74 Å². The molecule has 5 rings (SSSR count). The highest BCUT2D eigenvalue weighted by Crippen LogP contribution is 2.27. The van der Waals surface area contributed by atoms with Crippen molar-refractivity contribution in [1.29, 1.82) is 0 Å². The van der Waals surface area contributed by atoms with Crippen LogP contribution in [0.5, 0.6) is 11.5 Å². The van der Waals surface area contributed by atoms with Crippen LogP contribution in [0.15, 0.2) is 79.1 Å². The minimum atomic E-state index is -0.495. The SMILES string of the molecule is NC1(C#Cc2ccc3ncnc(Nc4ccc(Oc5ccccc5)cc4)c3c2)CCOCC1. The van der Waals surface area contributed by atoms with Gasteiger partial charge >= 0.3 is 0 Å². The van der Waals surface area contributed by atoms with Crippen LogP contribution in [-0.4, -0.2) is 28.7 Å². The Balaban J connectivity index is 1.36. The highest BCUT2D eigenvalue weighted by atomic mass is 16.5. The molecule has 1 saturated heterocycles. The molecule has 4 aromatic rings. The fourth-order valence-corrected chi connectivity index (χ4v) is 3.66. The number of aromatic nitrogens is 2. The van der Waals surface area contributed by atoms with E-state index in [2.05, 4.69) is 27.1 Å². The molecule has 3 N–H and O–H groups in total. The Hall–Kier alpha value is -3.92. The number of nitrogens with zero attached hydrogens (tertiary/aromatic N) is 2. The van der Waals surface area contributed by atoms with E-state index in [1.807, 2.05) is 72.8 Å². The quantitative estimate of drug-likeness (QED) is 0.437. The molecule has 3 aromatic carbocycles. The largest absolute Gasteiger partial charge is 0.457 e. The number of fused-ring (bicyclic) bond motifs is 1. The number of benzene rings is 3. The normalized spacial score (nSPS) is 14.8. The summed E-state index contributed by atoms with van der Waals surface area (Å²) in [6.45, 7) is 1.31. The van der Waals surface area contributed by atoms with Crippen molar-refractivity contribution in [2.75, 3.05) is 18.5 Å². The molecule has 1 aliphatic heterocycles. The Morgan fingerprint density at radius 2 is 1.67 bits per heavy atom. The molecule has 6 heteroatoms. The second kappa shape index (κ2) is 9.29. The molecule has 1 fully saturated rings. The average molecular weight is 437 g/mol. The third-order valence-corrected chi connectivity index (χ3v) is 5.57. The molecule has 33 heavy (non-hydrogen) atoms. The number of hydrogen-bond donors (Lipinski definition) is 2. The summed E-state index contributed by atoms with van der Waals surface area (Å²) in [5.74, 6) is 8.77. The Bertz CT molecular complexity index is 1310. The van der Waals surface area contributed by atoms with E-state index in [1.165, 1.54) is 0 Å². The fourth-order valence-electron chi connectivity index (χ4n) is 3.66. The Kier molecular flexibility index (Phi) is 5.90. The van der Waals surface area contributed by atoms with E-state index in [9.17, 15) is 0 Å². The minimum absolute atomic E-state index is 0.495. The second-order valence-corrected chi connectivity index (χ2v) is 8.04.